The number of fused-ring (bicyclic) bond motifs is 1. The number of nitrogens with one attached hydrogen (secondary N) is 1. The van der Waals surface area contributed by atoms with E-state index in [1.807, 2.05) is 36.4 Å². The molecule has 1 aromatic carbocycles. The SMILES string of the molecule is C=CCOc1ccc(-c2ncc3ncc(Nc4ccc(C#N)cn4)cc3n2)cc1. The van der Waals surface area contributed by atoms with Crippen molar-refractivity contribution >= 4 is 22.5 Å². The number of anilines is 2. The van der Waals surface area contributed by atoms with Crippen molar-refractivity contribution < 1.29 is 4.74 Å². The third kappa shape index (κ3) is 4.17. The molecule has 3 heterocycles. The molecule has 0 saturated carbocycles. The van der Waals surface area contributed by atoms with Gasteiger partial charge < -0.3 is 10.1 Å². The second-order valence-electron chi connectivity index (χ2n) is 6.11. The average molecular weight is 380 g/mol. The van der Waals surface area contributed by atoms with E-state index < -0.39 is 0 Å². The Kier molecular flexibility index (Phi) is 5.08. The van der Waals surface area contributed by atoms with Crippen LogP contribution in [0, 0.1) is 11.3 Å². The first-order valence-corrected chi connectivity index (χ1v) is 8.85. The molecule has 4 rings (SSSR count). The van der Waals surface area contributed by atoms with Crippen LogP contribution >= 0.6 is 0 Å². The van der Waals surface area contributed by atoms with Gasteiger partial charge in [-0.15, -0.1) is 0 Å². The van der Waals surface area contributed by atoms with Crippen LogP contribution in [0.4, 0.5) is 11.5 Å². The quantitative estimate of drug-likeness (QED) is 0.499. The molecule has 29 heavy (non-hydrogen) atoms. The van der Waals surface area contributed by atoms with E-state index in [0.29, 0.717) is 34.8 Å². The Balaban J connectivity index is 1.59. The van der Waals surface area contributed by atoms with Crippen LogP contribution in [0.3, 0.4) is 0 Å². The number of benzene rings is 1. The van der Waals surface area contributed by atoms with Gasteiger partial charge >= 0.3 is 0 Å². The predicted molar refractivity (Wildman–Crippen MR) is 111 cm³/mol. The first-order chi connectivity index (χ1) is 14.2. The summed E-state index contributed by atoms with van der Waals surface area (Å²) in [7, 11) is 0. The fourth-order valence-corrected chi connectivity index (χ4v) is 2.66. The standard InChI is InChI=1S/C22H16N6O/c1-2-9-29-18-6-4-16(5-7-18)22-26-14-20-19(28-22)10-17(13-24-20)27-21-8-3-15(11-23)12-25-21/h2-8,10,12-14H,1,9H2,(H,25,27). The maximum Gasteiger partial charge on any atom is 0.159 e. The van der Waals surface area contributed by atoms with Crippen molar-refractivity contribution in [2.45, 2.75) is 0 Å². The van der Waals surface area contributed by atoms with Gasteiger partial charge in [-0.1, -0.05) is 12.7 Å². The van der Waals surface area contributed by atoms with Crippen LogP contribution < -0.4 is 10.1 Å². The van der Waals surface area contributed by atoms with Gasteiger partial charge in [0.2, 0.25) is 0 Å². The highest BCUT2D eigenvalue weighted by Crippen LogP contribution is 2.23. The fraction of sp³-hybridized carbons (Fsp3) is 0.0455. The van der Waals surface area contributed by atoms with Gasteiger partial charge in [0.05, 0.1) is 29.2 Å². The van der Waals surface area contributed by atoms with Gasteiger partial charge in [-0.3, -0.25) is 4.98 Å². The highest BCUT2D eigenvalue weighted by molar-refractivity contribution is 5.79. The van der Waals surface area contributed by atoms with Crippen molar-refractivity contribution in [2.75, 3.05) is 11.9 Å². The van der Waals surface area contributed by atoms with Gasteiger partial charge in [-0.05, 0) is 42.5 Å². The summed E-state index contributed by atoms with van der Waals surface area (Å²) >= 11 is 0. The van der Waals surface area contributed by atoms with E-state index in [0.717, 1.165) is 17.0 Å². The third-order valence-electron chi connectivity index (χ3n) is 4.08. The summed E-state index contributed by atoms with van der Waals surface area (Å²) in [5.74, 6) is 1.98. The molecule has 0 bridgehead atoms. The number of nitrogens with zero attached hydrogens (tertiary/aromatic N) is 5. The molecule has 4 aromatic rings. The highest BCUT2D eigenvalue weighted by Gasteiger charge is 2.06. The van der Waals surface area contributed by atoms with E-state index in [9.17, 15) is 0 Å². The van der Waals surface area contributed by atoms with Gasteiger partial charge in [0.1, 0.15) is 29.8 Å². The zero-order chi connectivity index (χ0) is 20.1. The normalized spacial score (nSPS) is 10.3. The minimum atomic E-state index is 0.460. The van der Waals surface area contributed by atoms with E-state index in [2.05, 4.69) is 31.8 Å². The summed E-state index contributed by atoms with van der Waals surface area (Å²) in [4.78, 5) is 17.6. The van der Waals surface area contributed by atoms with Crippen molar-refractivity contribution in [3.05, 3.63) is 79.3 Å². The molecule has 0 spiro atoms. The molecule has 0 atom stereocenters. The summed E-state index contributed by atoms with van der Waals surface area (Å²) in [6.07, 6.45) is 6.60. The molecule has 0 aliphatic carbocycles. The smallest absolute Gasteiger partial charge is 0.159 e. The molecule has 140 valence electrons. The van der Waals surface area contributed by atoms with Gasteiger partial charge in [-0.2, -0.15) is 5.26 Å². The van der Waals surface area contributed by atoms with Gasteiger partial charge in [0.15, 0.2) is 5.82 Å². The first kappa shape index (κ1) is 18.1. The van der Waals surface area contributed by atoms with E-state index >= 15 is 0 Å². The molecule has 0 fully saturated rings. The Bertz CT molecular complexity index is 1200. The Morgan fingerprint density at radius 2 is 1.86 bits per heavy atom. The molecule has 0 aliphatic rings. The number of hydrogen-bond donors (Lipinski definition) is 1. The van der Waals surface area contributed by atoms with E-state index in [1.165, 1.54) is 6.20 Å². The monoisotopic (exact) mass is 380 g/mol. The van der Waals surface area contributed by atoms with Crippen LogP contribution in [-0.2, 0) is 0 Å². The molecule has 7 heteroatoms. The Hall–Kier alpha value is -4.31. The lowest BCUT2D eigenvalue weighted by molar-refractivity contribution is 0.363. The summed E-state index contributed by atoms with van der Waals surface area (Å²) < 4.78 is 5.50. The Labute approximate surface area is 167 Å². The van der Waals surface area contributed by atoms with Crippen molar-refractivity contribution in [3.8, 4) is 23.2 Å². The first-order valence-electron chi connectivity index (χ1n) is 8.85. The summed E-state index contributed by atoms with van der Waals surface area (Å²) in [5, 5.41) is 12.0. The summed E-state index contributed by atoms with van der Waals surface area (Å²) in [6, 6.07) is 14.9. The predicted octanol–water partition coefficient (Wildman–Crippen LogP) is 4.27. The molecule has 0 amide bonds. The second kappa shape index (κ2) is 8.15. The van der Waals surface area contributed by atoms with E-state index in [1.54, 1.807) is 30.6 Å². The molecule has 1 N–H and O–H groups in total. The lowest BCUT2D eigenvalue weighted by Crippen LogP contribution is -1.97. The Morgan fingerprint density at radius 1 is 1.00 bits per heavy atom. The molecule has 0 aliphatic heterocycles. The number of pyridine rings is 2. The van der Waals surface area contributed by atoms with Crippen molar-refractivity contribution in [3.63, 3.8) is 0 Å². The molecule has 3 aromatic heterocycles. The summed E-state index contributed by atoms with van der Waals surface area (Å²) in [6.45, 7) is 4.10. The topological polar surface area (TPSA) is 96.6 Å². The van der Waals surface area contributed by atoms with Crippen LogP contribution in [0.2, 0.25) is 0 Å². The van der Waals surface area contributed by atoms with Crippen LogP contribution in [-0.4, -0.2) is 26.5 Å². The maximum atomic E-state index is 8.86. The largest absolute Gasteiger partial charge is 0.490 e. The lowest BCUT2D eigenvalue weighted by atomic mass is 10.2. The molecule has 0 unspecified atom stereocenters. The molecule has 0 saturated heterocycles. The lowest BCUT2D eigenvalue weighted by Gasteiger charge is -2.07. The molecular formula is C22H16N6O. The van der Waals surface area contributed by atoms with E-state index in [-0.39, 0.29) is 0 Å². The zero-order valence-corrected chi connectivity index (χ0v) is 15.4. The number of ether oxygens (including phenoxy) is 1. The van der Waals surface area contributed by atoms with Gasteiger partial charge in [-0.25, -0.2) is 15.0 Å². The maximum absolute atomic E-state index is 8.86. The number of aromatic nitrogens is 4. The summed E-state index contributed by atoms with van der Waals surface area (Å²) in [5.41, 5.74) is 3.53. The van der Waals surface area contributed by atoms with Gasteiger partial charge in [0, 0.05) is 11.8 Å². The fourth-order valence-electron chi connectivity index (χ4n) is 2.66. The van der Waals surface area contributed by atoms with Crippen molar-refractivity contribution in [1.29, 1.82) is 5.26 Å². The minimum absolute atomic E-state index is 0.460. The van der Waals surface area contributed by atoms with E-state index in [4.69, 9.17) is 10.00 Å². The number of rotatable bonds is 6. The van der Waals surface area contributed by atoms with Crippen molar-refractivity contribution in [2.24, 2.45) is 0 Å². The molecular weight excluding hydrogens is 364 g/mol. The van der Waals surface area contributed by atoms with Gasteiger partial charge in [0.25, 0.3) is 0 Å². The number of hydrogen-bond acceptors (Lipinski definition) is 7. The van der Waals surface area contributed by atoms with Crippen LogP contribution in [0.25, 0.3) is 22.4 Å². The zero-order valence-electron chi connectivity index (χ0n) is 15.4. The van der Waals surface area contributed by atoms with Crippen LogP contribution in [0.15, 0.2) is 73.7 Å². The Morgan fingerprint density at radius 3 is 2.59 bits per heavy atom. The van der Waals surface area contributed by atoms with Crippen molar-refractivity contribution in [1.82, 2.24) is 19.9 Å². The highest BCUT2D eigenvalue weighted by atomic mass is 16.5. The number of nitriles is 1. The minimum Gasteiger partial charge on any atom is -0.490 e. The second-order valence-corrected chi connectivity index (χ2v) is 6.11. The average Bonchev–Trinajstić information content (AvgIpc) is 2.78. The van der Waals surface area contributed by atoms with Crippen LogP contribution in [0.1, 0.15) is 5.56 Å². The third-order valence-corrected chi connectivity index (χ3v) is 4.08. The van der Waals surface area contributed by atoms with Crippen LogP contribution in [0.5, 0.6) is 5.75 Å². The molecule has 7 nitrogen and oxygen atoms in total. The molecule has 0 radical (unpaired) electrons.